The average Bonchev–Trinajstić information content (AvgIpc) is 2.90. The molecule has 4 nitrogen and oxygen atoms in total. The van der Waals surface area contributed by atoms with Gasteiger partial charge in [0.1, 0.15) is 5.75 Å². The van der Waals surface area contributed by atoms with Gasteiger partial charge in [-0.15, -0.1) is 0 Å². The fourth-order valence-electron chi connectivity index (χ4n) is 2.92. The lowest BCUT2D eigenvalue weighted by Crippen LogP contribution is -2.01. The first-order chi connectivity index (χ1) is 11.5. The predicted octanol–water partition coefficient (Wildman–Crippen LogP) is 4.82. The molecule has 0 fully saturated rings. The van der Waals surface area contributed by atoms with Crippen molar-refractivity contribution in [2.45, 2.75) is 20.3 Å². The van der Waals surface area contributed by atoms with Gasteiger partial charge in [-0.25, -0.2) is 0 Å². The number of aromatic amines is 1. The normalized spacial score (nSPS) is 11.0. The van der Waals surface area contributed by atoms with Crippen molar-refractivity contribution in [2.24, 2.45) is 0 Å². The zero-order valence-corrected chi connectivity index (χ0v) is 14.3. The summed E-state index contributed by atoms with van der Waals surface area (Å²) >= 11 is 6.21. The third kappa shape index (κ3) is 2.97. The molecule has 0 aliphatic heterocycles. The standard InChI is InChI=1S/C19H18ClNO3/c1-3-24-13-6-4-5-12(9-13)19-15(10-17(22)23)14-7-8-16(20)11(2)18(14)21-19/h4-9,21H,3,10H2,1-2H3,(H,22,23). The van der Waals surface area contributed by atoms with Gasteiger partial charge in [0, 0.05) is 16.0 Å². The molecule has 0 saturated heterocycles. The number of ether oxygens (including phenoxy) is 1. The second-order valence-electron chi connectivity index (χ2n) is 5.60. The van der Waals surface area contributed by atoms with Crippen LogP contribution in [0.1, 0.15) is 18.1 Å². The predicted molar refractivity (Wildman–Crippen MR) is 96.0 cm³/mol. The van der Waals surface area contributed by atoms with Gasteiger partial charge >= 0.3 is 5.97 Å². The lowest BCUT2D eigenvalue weighted by Gasteiger charge is -2.07. The number of H-pyrrole nitrogens is 1. The quantitative estimate of drug-likeness (QED) is 0.698. The van der Waals surface area contributed by atoms with E-state index in [2.05, 4.69) is 4.98 Å². The minimum Gasteiger partial charge on any atom is -0.494 e. The van der Waals surface area contributed by atoms with Gasteiger partial charge in [0.15, 0.2) is 0 Å². The van der Waals surface area contributed by atoms with E-state index in [1.807, 2.05) is 44.2 Å². The van der Waals surface area contributed by atoms with E-state index < -0.39 is 5.97 Å². The second kappa shape index (κ2) is 6.57. The zero-order valence-electron chi connectivity index (χ0n) is 13.5. The molecule has 0 amide bonds. The van der Waals surface area contributed by atoms with Gasteiger partial charge in [-0.05, 0) is 43.2 Å². The van der Waals surface area contributed by atoms with E-state index in [4.69, 9.17) is 16.3 Å². The molecule has 1 aromatic heterocycles. The van der Waals surface area contributed by atoms with Crippen molar-refractivity contribution in [3.05, 3.63) is 52.5 Å². The number of aryl methyl sites for hydroxylation is 1. The Morgan fingerprint density at radius 1 is 1.29 bits per heavy atom. The van der Waals surface area contributed by atoms with E-state index in [0.29, 0.717) is 11.6 Å². The summed E-state index contributed by atoms with van der Waals surface area (Å²) in [6.45, 7) is 4.43. The van der Waals surface area contributed by atoms with Crippen molar-refractivity contribution >= 4 is 28.5 Å². The molecule has 0 spiro atoms. The number of rotatable bonds is 5. The summed E-state index contributed by atoms with van der Waals surface area (Å²) in [6.07, 6.45) is -0.0602. The maximum Gasteiger partial charge on any atom is 0.307 e. The SMILES string of the molecule is CCOc1cccc(-c2[nH]c3c(C)c(Cl)ccc3c2CC(=O)O)c1. The van der Waals surface area contributed by atoms with E-state index in [0.717, 1.165) is 39.0 Å². The van der Waals surface area contributed by atoms with Gasteiger partial charge in [-0.3, -0.25) is 4.79 Å². The molecule has 0 radical (unpaired) electrons. The summed E-state index contributed by atoms with van der Waals surface area (Å²) in [5.74, 6) is -0.115. The number of carboxylic acids is 1. The minimum absolute atomic E-state index is 0.0602. The van der Waals surface area contributed by atoms with Crippen LogP contribution in [0.25, 0.3) is 22.2 Å². The van der Waals surface area contributed by atoms with Crippen molar-refractivity contribution in [1.29, 1.82) is 0 Å². The number of hydrogen-bond donors (Lipinski definition) is 2. The highest BCUT2D eigenvalue weighted by Crippen LogP contribution is 2.35. The van der Waals surface area contributed by atoms with Crippen LogP contribution in [0.2, 0.25) is 5.02 Å². The minimum atomic E-state index is -0.870. The van der Waals surface area contributed by atoms with Crippen molar-refractivity contribution in [2.75, 3.05) is 6.61 Å². The first-order valence-electron chi connectivity index (χ1n) is 7.76. The summed E-state index contributed by atoms with van der Waals surface area (Å²) in [7, 11) is 0. The van der Waals surface area contributed by atoms with E-state index in [-0.39, 0.29) is 6.42 Å². The van der Waals surface area contributed by atoms with Gasteiger partial charge < -0.3 is 14.8 Å². The third-order valence-electron chi connectivity index (χ3n) is 4.04. The Kier molecular flexibility index (Phi) is 4.49. The summed E-state index contributed by atoms with van der Waals surface area (Å²) in [5, 5.41) is 10.9. The van der Waals surface area contributed by atoms with Crippen LogP contribution in [0.3, 0.4) is 0 Å². The van der Waals surface area contributed by atoms with Gasteiger partial charge in [-0.1, -0.05) is 29.8 Å². The highest BCUT2D eigenvalue weighted by Gasteiger charge is 2.18. The zero-order chi connectivity index (χ0) is 17.3. The van der Waals surface area contributed by atoms with Gasteiger partial charge in [0.2, 0.25) is 0 Å². The largest absolute Gasteiger partial charge is 0.494 e. The Bertz CT molecular complexity index is 914. The van der Waals surface area contributed by atoms with Gasteiger partial charge in [0.25, 0.3) is 0 Å². The molecule has 3 aromatic rings. The van der Waals surface area contributed by atoms with Crippen molar-refractivity contribution in [1.82, 2.24) is 4.98 Å². The number of benzene rings is 2. The average molecular weight is 344 g/mol. The molecule has 2 N–H and O–H groups in total. The maximum absolute atomic E-state index is 11.4. The lowest BCUT2D eigenvalue weighted by molar-refractivity contribution is -0.136. The molecule has 5 heteroatoms. The topological polar surface area (TPSA) is 62.3 Å². The van der Waals surface area contributed by atoms with Crippen LogP contribution in [0.4, 0.5) is 0 Å². The number of carbonyl (C=O) groups is 1. The molecular formula is C19H18ClNO3. The van der Waals surface area contributed by atoms with Gasteiger partial charge in [0.05, 0.1) is 24.2 Å². The van der Waals surface area contributed by atoms with Crippen LogP contribution >= 0.6 is 11.6 Å². The Balaban J connectivity index is 2.24. The molecule has 24 heavy (non-hydrogen) atoms. The molecule has 0 atom stereocenters. The van der Waals surface area contributed by atoms with Crippen molar-refractivity contribution in [3.63, 3.8) is 0 Å². The molecular weight excluding hydrogens is 326 g/mol. The number of carboxylic acid groups (broad SMARTS) is 1. The van der Waals surface area contributed by atoms with E-state index in [9.17, 15) is 9.90 Å². The molecule has 0 saturated carbocycles. The Morgan fingerprint density at radius 3 is 2.79 bits per heavy atom. The maximum atomic E-state index is 11.4. The smallest absolute Gasteiger partial charge is 0.307 e. The van der Waals surface area contributed by atoms with Crippen LogP contribution in [-0.2, 0) is 11.2 Å². The fourth-order valence-corrected chi connectivity index (χ4v) is 3.08. The second-order valence-corrected chi connectivity index (χ2v) is 6.01. The van der Waals surface area contributed by atoms with Crippen molar-refractivity contribution < 1.29 is 14.6 Å². The lowest BCUT2D eigenvalue weighted by atomic mass is 10.0. The molecule has 0 aliphatic carbocycles. The third-order valence-corrected chi connectivity index (χ3v) is 4.45. The molecule has 2 aromatic carbocycles. The van der Waals surface area contributed by atoms with E-state index in [1.165, 1.54) is 0 Å². The first kappa shape index (κ1) is 16.4. The Morgan fingerprint density at radius 2 is 2.08 bits per heavy atom. The Labute approximate surface area is 145 Å². The van der Waals surface area contributed by atoms with E-state index in [1.54, 1.807) is 6.07 Å². The highest BCUT2D eigenvalue weighted by molar-refractivity contribution is 6.32. The summed E-state index contributed by atoms with van der Waals surface area (Å²) < 4.78 is 5.55. The number of nitrogens with one attached hydrogen (secondary N) is 1. The number of hydrogen-bond acceptors (Lipinski definition) is 2. The van der Waals surface area contributed by atoms with Crippen molar-refractivity contribution in [3.8, 4) is 17.0 Å². The fraction of sp³-hybridized carbons (Fsp3) is 0.211. The molecule has 0 bridgehead atoms. The summed E-state index contributed by atoms with van der Waals surface area (Å²) in [6, 6.07) is 11.3. The molecule has 124 valence electrons. The summed E-state index contributed by atoms with van der Waals surface area (Å²) in [5.41, 5.74) is 4.22. The Hall–Kier alpha value is -2.46. The van der Waals surface area contributed by atoms with Crippen LogP contribution < -0.4 is 4.74 Å². The summed E-state index contributed by atoms with van der Waals surface area (Å²) in [4.78, 5) is 14.7. The number of halogens is 1. The van der Waals surface area contributed by atoms with Gasteiger partial charge in [-0.2, -0.15) is 0 Å². The molecule has 0 unspecified atom stereocenters. The number of aromatic nitrogens is 1. The number of fused-ring (bicyclic) bond motifs is 1. The van der Waals surface area contributed by atoms with E-state index >= 15 is 0 Å². The molecule has 1 heterocycles. The van der Waals surface area contributed by atoms with Crippen LogP contribution in [0, 0.1) is 6.92 Å². The van der Waals surface area contributed by atoms with Crippen LogP contribution in [-0.4, -0.2) is 22.7 Å². The highest BCUT2D eigenvalue weighted by atomic mass is 35.5. The van der Waals surface area contributed by atoms with Crippen LogP contribution in [0.5, 0.6) is 5.75 Å². The first-order valence-corrected chi connectivity index (χ1v) is 8.13. The number of aliphatic carboxylic acids is 1. The van der Waals surface area contributed by atoms with Crippen LogP contribution in [0.15, 0.2) is 36.4 Å². The monoisotopic (exact) mass is 343 g/mol. The molecule has 3 rings (SSSR count). The molecule has 0 aliphatic rings.